The van der Waals surface area contributed by atoms with Crippen LogP contribution < -0.4 is 0 Å². The van der Waals surface area contributed by atoms with E-state index in [1.165, 1.54) is 18.2 Å². The van der Waals surface area contributed by atoms with Gasteiger partial charge < -0.3 is 4.42 Å². The first-order chi connectivity index (χ1) is 8.43. The summed E-state index contributed by atoms with van der Waals surface area (Å²) in [5.74, 6) is -0.828. The molecule has 0 aliphatic carbocycles. The summed E-state index contributed by atoms with van der Waals surface area (Å²) in [5, 5.41) is -0.888. The van der Waals surface area contributed by atoms with Crippen molar-refractivity contribution in [2.24, 2.45) is 0 Å². The minimum atomic E-state index is -5.03. The predicted octanol–water partition coefficient (Wildman–Crippen LogP) is 2.56. The van der Waals surface area contributed by atoms with Crippen molar-refractivity contribution in [2.45, 2.75) is 5.09 Å². The molecule has 0 saturated heterocycles. The molecular weight excluding hydrogens is 266 g/mol. The van der Waals surface area contributed by atoms with Gasteiger partial charge in [-0.05, 0) is 23.8 Å². The number of carbonyl (C=O) groups is 1. The molecule has 18 heavy (non-hydrogen) atoms. The Kier molecular flexibility index (Phi) is 3.00. The Hall–Kier alpha value is -2.02. The zero-order valence-corrected chi connectivity index (χ0v) is 9.58. The summed E-state index contributed by atoms with van der Waals surface area (Å²) in [4.78, 5) is 10.4. The number of halogens is 2. The van der Waals surface area contributed by atoms with E-state index in [-0.39, 0.29) is 16.7 Å². The summed E-state index contributed by atoms with van der Waals surface area (Å²) in [6.45, 7) is 0. The molecule has 2 aromatic rings. The topological polar surface area (TPSA) is 64.3 Å². The van der Waals surface area contributed by atoms with Crippen LogP contribution in [0.4, 0.5) is 8.28 Å². The number of benzene rings is 1. The van der Waals surface area contributed by atoms with Crippen LogP contribution >= 0.6 is 0 Å². The molecule has 0 saturated carbocycles. The molecule has 0 aliphatic heterocycles. The Bertz CT molecular complexity index is 704. The van der Waals surface area contributed by atoms with E-state index in [2.05, 4.69) is 4.42 Å². The lowest BCUT2D eigenvalue weighted by Crippen LogP contribution is -1.93. The highest BCUT2D eigenvalue weighted by molar-refractivity contribution is 7.86. The second kappa shape index (κ2) is 4.34. The Labute approximate surface area is 101 Å². The maximum absolute atomic E-state index is 13.4. The summed E-state index contributed by atoms with van der Waals surface area (Å²) in [6, 6.07) is 4.59. The van der Waals surface area contributed by atoms with Crippen LogP contribution in [-0.2, 0) is 10.2 Å². The van der Waals surface area contributed by atoms with Crippen molar-refractivity contribution in [1.82, 2.24) is 0 Å². The Morgan fingerprint density at radius 2 is 1.94 bits per heavy atom. The van der Waals surface area contributed by atoms with Crippen LogP contribution in [0.5, 0.6) is 0 Å². The largest absolute Gasteiger partial charge is 0.450 e. The number of hydrogen-bond donors (Lipinski definition) is 0. The van der Waals surface area contributed by atoms with Gasteiger partial charge in [-0.2, -0.15) is 8.42 Å². The first kappa shape index (κ1) is 12.4. The van der Waals surface area contributed by atoms with Gasteiger partial charge in [-0.3, -0.25) is 4.79 Å². The van der Waals surface area contributed by atoms with E-state index >= 15 is 0 Å². The Morgan fingerprint density at radius 3 is 2.50 bits per heavy atom. The molecule has 4 nitrogen and oxygen atoms in total. The summed E-state index contributed by atoms with van der Waals surface area (Å²) in [6.07, 6.45) is 1.30. The smallest absolute Gasteiger partial charge is 0.366 e. The average Bonchev–Trinajstić information content (AvgIpc) is 2.77. The quantitative estimate of drug-likeness (QED) is 0.636. The fourth-order valence-electron chi connectivity index (χ4n) is 1.49. The third-order valence-corrected chi connectivity index (χ3v) is 3.05. The summed E-state index contributed by atoms with van der Waals surface area (Å²) < 4.78 is 52.3. The van der Waals surface area contributed by atoms with Crippen LogP contribution in [0.25, 0.3) is 11.1 Å². The van der Waals surface area contributed by atoms with E-state index in [1.54, 1.807) is 0 Å². The van der Waals surface area contributed by atoms with Crippen molar-refractivity contribution in [3.8, 4) is 11.1 Å². The van der Waals surface area contributed by atoms with E-state index < -0.39 is 21.1 Å². The molecule has 1 aromatic heterocycles. The molecule has 1 heterocycles. The fraction of sp³-hybridized carbons (Fsp3) is 0. The molecular formula is C11H6F2O4S. The molecule has 0 bridgehead atoms. The lowest BCUT2D eigenvalue weighted by Gasteiger charge is -2.01. The molecule has 2 rings (SSSR count). The van der Waals surface area contributed by atoms with Gasteiger partial charge in [0.25, 0.3) is 5.09 Å². The van der Waals surface area contributed by atoms with Gasteiger partial charge in [0.15, 0.2) is 6.29 Å². The molecule has 1 aromatic carbocycles. The molecule has 0 fully saturated rings. The van der Waals surface area contributed by atoms with Crippen LogP contribution in [-0.4, -0.2) is 14.7 Å². The summed E-state index contributed by atoms with van der Waals surface area (Å²) in [7, 11) is -5.03. The van der Waals surface area contributed by atoms with Gasteiger partial charge >= 0.3 is 10.2 Å². The van der Waals surface area contributed by atoms with Gasteiger partial charge in [0.1, 0.15) is 5.82 Å². The molecule has 0 aliphatic rings. The van der Waals surface area contributed by atoms with Crippen molar-refractivity contribution < 1.29 is 25.9 Å². The zero-order valence-electron chi connectivity index (χ0n) is 8.76. The highest BCUT2D eigenvalue weighted by Gasteiger charge is 2.22. The normalized spacial score (nSPS) is 11.4. The van der Waals surface area contributed by atoms with E-state index in [9.17, 15) is 21.5 Å². The number of furan rings is 1. The molecule has 0 radical (unpaired) electrons. The number of aldehydes is 1. The number of hydrogen-bond acceptors (Lipinski definition) is 4. The van der Waals surface area contributed by atoms with Gasteiger partial charge in [0, 0.05) is 5.56 Å². The Balaban J connectivity index is 2.60. The maximum Gasteiger partial charge on any atom is 0.366 e. The van der Waals surface area contributed by atoms with Gasteiger partial charge in [0.2, 0.25) is 0 Å². The molecule has 0 unspecified atom stereocenters. The predicted molar refractivity (Wildman–Crippen MR) is 57.8 cm³/mol. The van der Waals surface area contributed by atoms with Crippen LogP contribution in [0.3, 0.4) is 0 Å². The zero-order chi connectivity index (χ0) is 13.3. The summed E-state index contributed by atoms with van der Waals surface area (Å²) >= 11 is 0. The van der Waals surface area contributed by atoms with Crippen molar-refractivity contribution in [3.63, 3.8) is 0 Å². The van der Waals surface area contributed by atoms with E-state index in [1.807, 2.05) is 0 Å². The second-order valence-electron chi connectivity index (χ2n) is 3.41. The molecule has 0 spiro atoms. The number of carbonyl (C=O) groups excluding carboxylic acids is 1. The van der Waals surface area contributed by atoms with Crippen molar-refractivity contribution in [1.29, 1.82) is 0 Å². The number of rotatable bonds is 3. The van der Waals surface area contributed by atoms with Gasteiger partial charge in [-0.25, -0.2) is 4.39 Å². The van der Waals surface area contributed by atoms with Crippen molar-refractivity contribution in [3.05, 3.63) is 41.9 Å². The monoisotopic (exact) mass is 272 g/mol. The van der Waals surface area contributed by atoms with Crippen molar-refractivity contribution in [2.75, 3.05) is 0 Å². The molecule has 0 N–H and O–H groups in total. The first-order valence-corrected chi connectivity index (χ1v) is 6.09. The van der Waals surface area contributed by atoms with Crippen LogP contribution in [0.2, 0.25) is 0 Å². The lowest BCUT2D eigenvalue weighted by molar-refractivity contribution is 0.112. The van der Waals surface area contributed by atoms with Gasteiger partial charge in [-0.15, -0.1) is 0 Å². The molecule has 94 valence electrons. The SMILES string of the molecule is O=Cc1ccc(-c2ccoc2S(=O)(=O)F)cc1F. The summed E-state index contributed by atoms with van der Waals surface area (Å²) in [5.41, 5.74) is -0.177. The molecule has 0 amide bonds. The Morgan fingerprint density at radius 1 is 1.22 bits per heavy atom. The fourth-order valence-corrected chi connectivity index (χ4v) is 2.11. The second-order valence-corrected chi connectivity index (χ2v) is 4.66. The minimum Gasteiger partial charge on any atom is -0.450 e. The van der Waals surface area contributed by atoms with E-state index in [0.717, 1.165) is 12.3 Å². The average molecular weight is 272 g/mol. The first-order valence-electron chi connectivity index (χ1n) is 4.70. The van der Waals surface area contributed by atoms with Gasteiger partial charge in [-0.1, -0.05) is 9.95 Å². The maximum atomic E-state index is 13.4. The van der Waals surface area contributed by atoms with Gasteiger partial charge in [0.05, 0.1) is 11.8 Å². The van der Waals surface area contributed by atoms with Crippen LogP contribution in [0.1, 0.15) is 10.4 Å². The van der Waals surface area contributed by atoms with E-state index in [4.69, 9.17) is 0 Å². The van der Waals surface area contributed by atoms with E-state index in [0.29, 0.717) is 6.29 Å². The molecule has 0 atom stereocenters. The standard InChI is InChI=1S/C11H6F2O4S/c12-10-5-7(1-2-8(10)6-14)9-3-4-17-11(9)18(13,15)16/h1-6H. The highest BCUT2D eigenvalue weighted by atomic mass is 32.3. The third kappa shape index (κ3) is 2.17. The molecule has 7 heteroatoms. The highest BCUT2D eigenvalue weighted by Crippen LogP contribution is 2.30. The minimum absolute atomic E-state index is 0.100. The lowest BCUT2D eigenvalue weighted by atomic mass is 10.1. The third-order valence-electron chi connectivity index (χ3n) is 2.29. The van der Waals surface area contributed by atoms with Crippen LogP contribution in [0, 0.1) is 5.82 Å². The van der Waals surface area contributed by atoms with Crippen molar-refractivity contribution >= 4 is 16.5 Å². The van der Waals surface area contributed by atoms with Crippen LogP contribution in [0.15, 0.2) is 40.0 Å².